The van der Waals surface area contributed by atoms with Gasteiger partial charge in [0.2, 0.25) is 0 Å². The molecule has 4 aromatic rings. The van der Waals surface area contributed by atoms with Crippen LogP contribution in [0.4, 0.5) is 4.39 Å². The van der Waals surface area contributed by atoms with Crippen LogP contribution in [0.5, 0.6) is 11.5 Å². The zero-order valence-electron chi connectivity index (χ0n) is 18.2. The third-order valence-corrected chi connectivity index (χ3v) is 7.39. The monoisotopic (exact) mass is 484 g/mol. The lowest BCUT2D eigenvalue weighted by molar-refractivity contribution is 0.284. The first-order chi connectivity index (χ1) is 15.9. The molecule has 0 spiro atoms. The number of rotatable bonds is 5. The lowest BCUT2D eigenvalue weighted by Crippen LogP contribution is -2.13. The predicted octanol–water partition coefficient (Wildman–Crippen LogP) is 6.16. The van der Waals surface area contributed by atoms with Gasteiger partial charge < -0.3 is 14.5 Å². The quantitative estimate of drug-likeness (QED) is 0.368. The highest BCUT2D eigenvalue weighted by Gasteiger charge is 2.23. The maximum Gasteiger partial charge on any atom is 0.260 e. The van der Waals surface area contributed by atoms with E-state index in [4.69, 9.17) is 26.1 Å². The van der Waals surface area contributed by atoms with Crippen LogP contribution >= 0.6 is 22.9 Å². The highest BCUT2D eigenvalue weighted by Crippen LogP contribution is 2.40. The zero-order chi connectivity index (χ0) is 23.1. The molecule has 1 N–H and O–H groups in total. The smallest absolute Gasteiger partial charge is 0.260 e. The molecule has 5 rings (SSSR count). The summed E-state index contributed by atoms with van der Waals surface area (Å²) in [5.74, 6) is 1.54. The molecule has 1 aliphatic carbocycles. The van der Waals surface area contributed by atoms with Crippen molar-refractivity contribution >= 4 is 33.2 Å². The largest absolute Gasteiger partial charge is 0.493 e. The molecule has 1 aliphatic rings. The lowest BCUT2D eigenvalue weighted by atomic mass is 9.89. The minimum absolute atomic E-state index is 0.131. The van der Waals surface area contributed by atoms with Crippen LogP contribution in [0.3, 0.4) is 0 Å². The average Bonchev–Trinajstić information content (AvgIpc) is 3.16. The summed E-state index contributed by atoms with van der Waals surface area (Å²) in [5, 5.41) is 1.04. The normalized spacial score (nSPS) is 15.5. The Hall–Kier alpha value is -2.90. The Bertz CT molecular complexity index is 1400. The number of methoxy groups -OCH3 is 1. The van der Waals surface area contributed by atoms with Crippen molar-refractivity contribution in [1.82, 2.24) is 9.97 Å². The van der Waals surface area contributed by atoms with Gasteiger partial charge in [-0.25, -0.2) is 9.37 Å². The zero-order valence-corrected chi connectivity index (χ0v) is 19.8. The third-order valence-electron chi connectivity index (χ3n) is 5.96. The van der Waals surface area contributed by atoms with Crippen LogP contribution in [0.25, 0.3) is 21.6 Å². The molecule has 2 heterocycles. The number of aromatic amines is 1. The number of hydrogen-bond donors (Lipinski definition) is 1. The molecular formula is C25H22ClFN2O3S. The number of nitrogens with one attached hydrogen (secondary N) is 1. The summed E-state index contributed by atoms with van der Waals surface area (Å²) in [6.45, 7) is 2.44. The number of thiophene rings is 1. The van der Waals surface area contributed by atoms with Gasteiger partial charge >= 0.3 is 0 Å². The van der Waals surface area contributed by atoms with Crippen LogP contribution in [0.2, 0.25) is 5.02 Å². The minimum Gasteiger partial charge on any atom is -0.493 e. The van der Waals surface area contributed by atoms with Gasteiger partial charge in [0.15, 0.2) is 11.5 Å². The standard InChI is InChI=1S/C25H22ClFN2O3S/c1-13-3-8-17-20(9-13)33-25-21(17)24(30)28-23(29-25)15-10-18(26)22(19(11-15)31-2)32-12-14-4-6-16(27)7-5-14/h4-7,10-11,13H,3,8-9,12H2,1-2H3,(H,28,29,30)/t13-/m1/s1. The van der Waals surface area contributed by atoms with Gasteiger partial charge in [-0.3, -0.25) is 4.79 Å². The van der Waals surface area contributed by atoms with Crippen LogP contribution in [0, 0.1) is 11.7 Å². The van der Waals surface area contributed by atoms with E-state index < -0.39 is 0 Å². The number of hydrogen-bond acceptors (Lipinski definition) is 5. The Labute approximate surface area is 199 Å². The summed E-state index contributed by atoms with van der Waals surface area (Å²) in [4.78, 5) is 22.7. The summed E-state index contributed by atoms with van der Waals surface area (Å²) >= 11 is 8.13. The number of benzene rings is 2. The molecule has 5 nitrogen and oxygen atoms in total. The van der Waals surface area contributed by atoms with Gasteiger partial charge in [0.1, 0.15) is 23.1 Å². The van der Waals surface area contributed by atoms with E-state index in [1.165, 1.54) is 24.1 Å². The second-order valence-electron chi connectivity index (χ2n) is 8.35. The summed E-state index contributed by atoms with van der Waals surface area (Å²) in [6, 6.07) is 9.49. The van der Waals surface area contributed by atoms with Gasteiger partial charge in [-0.2, -0.15) is 0 Å². The predicted molar refractivity (Wildman–Crippen MR) is 129 cm³/mol. The number of fused-ring (bicyclic) bond motifs is 3. The maximum absolute atomic E-state index is 13.1. The van der Waals surface area contributed by atoms with Crippen LogP contribution in [-0.2, 0) is 19.4 Å². The summed E-state index contributed by atoms with van der Waals surface area (Å²) in [6.07, 6.45) is 3.00. The molecule has 0 aliphatic heterocycles. The lowest BCUT2D eigenvalue weighted by Gasteiger charge is -2.17. The summed E-state index contributed by atoms with van der Waals surface area (Å²) in [7, 11) is 1.52. The Balaban J connectivity index is 1.49. The first kappa shape index (κ1) is 21.9. The van der Waals surface area contributed by atoms with Crippen LogP contribution in [0.1, 0.15) is 29.3 Å². The van der Waals surface area contributed by atoms with Crippen molar-refractivity contribution in [3.63, 3.8) is 0 Å². The fraction of sp³-hybridized carbons (Fsp3) is 0.280. The number of ether oxygens (including phenoxy) is 2. The van der Waals surface area contributed by atoms with E-state index in [0.717, 1.165) is 35.2 Å². The second kappa shape index (κ2) is 8.80. The molecule has 0 bridgehead atoms. The first-order valence-electron chi connectivity index (χ1n) is 10.7. The highest BCUT2D eigenvalue weighted by atomic mass is 35.5. The van der Waals surface area contributed by atoms with Gasteiger partial charge in [-0.15, -0.1) is 11.3 Å². The Morgan fingerprint density at radius 1 is 1.27 bits per heavy atom. The fourth-order valence-electron chi connectivity index (χ4n) is 4.22. The van der Waals surface area contributed by atoms with Crippen LogP contribution in [0.15, 0.2) is 41.2 Å². The van der Waals surface area contributed by atoms with Gasteiger partial charge in [-0.05, 0) is 60.6 Å². The van der Waals surface area contributed by atoms with Crippen LogP contribution < -0.4 is 15.0 Å². The van der Waals surface area contributed by atoms with E-state index in [1.807, 2.05) is 0 Å². The third kappa shape index (κ3) is 4.23. The molecule has 33 heavy (non-hydrogen) atoms. The maximum atomic E-state index is 13.1. The molecule has 0 saturated carbocycles. The van der Waals surface area contributed by atoms with E-state index in [1.54, 1.807) is 35.6 Å². The molecule has 2 aromatic heterocycles. The molecule has 0 saturated heterocycles. The molecule has 2 aromatic carbocycles. The Morgan fingerprint density at radius 3 is 2.82 bits per heavy atom. The van der Waals surface area contributed by atoms with E-state index in [-0.39, 0.29) is 18.0 Å². The van der Waals surface area contributed by atoms with Gasteiger partial charge in [0, 0.05) is 10.4 Å². The summed E-state index contributed by atoms with van der Waals surface area (Å²) in [5.41, 5.74) is 2.44. The van der Waals surface area contributed by atoms with Crippen molar-refractivity contribution in [2.24, 2.45) is 5.92 Å². The van der Waals surface area contributed by atoms with Crippen molar-refractivity contribution in [3.8, 4) is 22.9 Å². The highest BCUT2D eigenvalue weighted by molar-refractivity contribution is 7.18. The first-order valence-corrected chi connectivity index (χ1v) is 11.9. The number of nitrogens with zero attached hydrogens (tertiary/aromatic N) is 1. The minimum atomic E-state index is -0.307. The van der Waals surface area contributed by atoms with Gasteiger partial charge in [0.25, 0.3) is 5.56 Å². The van der Waals surface area contributed by atoms with E-state index in [2.05, 4.69) is 11.9 Å². The molecular weight excluding hydrogens is 463 g/mol. The number of aromatic nitrogens is 2. The number of H-pyrrole nitrogens is 1. The molecule has 170 valence electrons. The van der Waals surface area contributed by atoms with E-state index in [0.29, 0.717) is 39.2 Å². The van der Waals surface area contributed by atoms with Crippen molar-refractivity contribution in [3.05, 3.63) is 73.6 Å². The van der Waals surface area contributed by atoms with Gasteiger partial charge in [0.05, 0.1) is 17.5 Å². The van der Waals surface area contributed by atoms with Gasteiger partial charge in [-0.1, -0.05) is 30.7 Å². The van der Waals surface area contributed by atoms with E-state index in [9.17, 15) is 9.18 Å². The number of halogens is 2. The topological polar surface area (TPSA) is 64.2 Å². The molecule has 0 amide bonds. The fourth-order valence-corrected chi connectivity index (χ4v) is 5.87. The van der Waals surface area contributed by atoms with Crippen molar-refractivity contribution in [1.29, 1.82) is 0 Å². The van der Waals surface area contributed by atoms with Crippen molar-refractivity contribution in [2.75, 3.05) is 7.11 Å². The van der Waals surface area contributed by atoms with E-state index >= 15 is 0 Å². The molecule has 8 heteroatoms. The molecule has 0 unspecified atom stereocenters. The Morgan fingerprint density at radius 2 is 2.06 bits per heavy atom. The SMILES string of the molecule is COc1cc(-c2nc3sc4c(c3c(=O)[nH]2)CC[C@@H](C)C4)cc(Cl)c1OCc1ccc(F)cc1. The Kier molecular flexibility index (Phi) is 5.85. The average molecular weight is 485 g/mol. The molecule has 0 radical (unpaired) electrons. The number of aryl methyl sites for hydroxylation is 1. The molecule has 1 atom stereocenters. The molecule has 0 fully saturated rings. The van der Waals surface area contributed by atoms with Crippen molar-refractivity contribution in [2.45, 2.75) is 32.8 Å². The summed E-state index contributed by atoms with van der Waals surface area (Å²) < 4.78 is 24.5. The van der Waals surface area contributed by atoms with Crippen LogP contribution in [-0.4, -0.2) is 17.1 Å². The second-order valence-corrected chi connectivity index (χ2v) is 9.84. The van der Waals surface area contributed by atoms with Crippen molar-refractivity contribution < 1.29 is 13.9 Å².